The quantitative estimate of drug-likeness (QED) is 0.357. The smallest absolute Gasteiger partial charge is 0.266 e. The van der Waals surface area contributed by atoms with Crippen molar-refractivity contribution >= 4 is 28.3 Å². The first-order valence-corrected chi connectivity index (χ1v) is 12.3. The van der Waals surface area contributed by atoms with Gasteiger partial charge in [0.1, 0.15) is 23.5 Å². The highest BCUT2D eigenvalue weighted by molar-refractivity contribution is 6.04. The summed E-state index contributed by atoms with van der Waals surface area (Å²) >= 11 is 0. The number of fused-ring (bicyclic) bond motifs is 2. The first-order chi connectivity index (χ1) is 18.8. The van der Waals surface area contributed by atoms with Crippen LogP contribution in [0, 0.1) is 6.92 Å². The van der Waals surface area contributed by atoms with Gasteiger partial charge in [-0.1, -0.05) is 30.3 Å². The lowest BCUT2D eigenvalue weighted by Crippen LogP contribution is -2.34. The van der Waals surface area contributed by atoms with E-state index in [0.29, 0.717) is 28.1 Å². The van der Waals surface area contributed by atoms with Gasteiger partial charge in [-0.15, -0.1) is 0 Å². The average Bonchev–Trinajstić information content (AvgIpc) is 3.54. The van der Waals surface area contributed by atoms with E-state index in [4.69, 9.17) is 10.7 Å². The molecule has 0 saturated carbocycles. The first kappa shape index (κ1) is 24.0. The number of carbonyl (C=O) groups is 1. The fourth-order valence-corrected chi connectivity index (χ4v) is 4.81. The average molecular weight is 520 g/mol. The van der Waals surface area contributed by atoms with Crippen LogP contribution in [-0.2, 0) is 7.05 Å². The van der Waals surface area contributed by atoms with Crippen LogP contribution in [-0.4, -0.2) is 39.6 Å². The Bertz CT molecular complexity index is 1940. The molecule has 4 aromatic heterocycles. The molecule has 4 heterocycles. The van der Waals surface area contributed by atoms with Crippen LogP contribution in [0.1, 0.15) is 34.8 Å². The molecule has 0 aliphatic heterocycles. The Morgan fingerprint density at radius 1 is 1.05 bits per heavy atom. The third-order valence-corrected chi connectivity index (χ3v) is 6.89. The number of amides is 1. The Hall–Kier alpha value is -5.32. The second kappa shape index (κ2) is 9.21. The molecule has 0 fully saturated rings. The molecule has 39 heavy (non-hydrogen) atoms. The maximum atomic E-state index is 14.3. The Morgan fingerprint density at radius 3 is 2.59 bits per heavy atom. The monoisotopic (exact) mass is 519 g/mol. The number of para-hydroxylation sites is 1. The standard InChI is InChI=1S/C28H25N9O2/c1-16(33-27(38)23-24(29)31-15-36-13-12-30-26(23)36)25-34-21-11-7-10-19(20-14-32-35(3)17(20)2)22(21)28(39)37(25)18-8-5-4-6-9-18/h4-16H,29H2,1-3H3,(H,33,38)/t16-/m0/s1. The fraction of sp³-hybridized carbons (Fsp3) is 0.143. The summed E-state index contributed by atoms with van der Waals surface area (Å²) in [7, 11) is 1.86. The molecule has 0 aliphatic rings. The van der Waals surface area contributed by atoms with Crippen molar-refractivity contribution in [2.75, 3.05) is 5.73 Å². The lowest BCUT2D eigenvalue weighted by Gasteiger charge is -2.20. The Morgan fingerprint density at radius 2 is 1.85 bits per heavy atom. The number of nitrogen functional groups attached to an aromatic ring is 1. The molecule has 11 heteroatoms. The molecule has 6 aromatic rings. The molecule has 0 radical (unpaired) electrons. The van der Waals surface area contributed by atoms with Crippen LogP contribution < -0.4 is 16.6 Å². The lowest BCUT2D eigenvalue weighted by molar-refractivity contribution is 0.0939. The third kappa shape index (κ3) is 3.91. The Balaban J connectivity index is 1.53. The zero-order valence-electron chi connectivity index (χ0n) is 21.5. The van der Waals surface area contributed by atoms with Gasteiger partial charge in [0.15, 0.2) is 5.65 Å². The van der Waals surface area contributed by atoms with Gasteiger partial charge in [-0.25, -0.2) is 15.0 Å². The molecule has 11 nitrogen and oxygen atoms in total. The van der Waals surface area contributed by atoms with Crippen molar-refractivity contribution in [1.29, 1.82) is 0 Å². The van der Waals surface area contributed by atoms with Crippen LogP contribution in [0.15, 0.2) is 78.2 Å². The van der Waals surface area contributed by atoms with Crippen LogP contribution in [0.5, 0.6) is 0 Å². The van der Waals surface area contributed by atoms with E-state index in [1.54, 1.807) is 45.2 Å². The summed E-state index contributed by atoms with van der Waals surface area (Å²) in [4.78, 5) is 41.0. The summed E-state index contributed by atoms with van der Waals surface area (Å²) in [6, 6.07) is 14.1. The minimum Gasteiger partial charge on any atom is -0.383 e. The molecule has 2 aromatic carbocycles. The van der Waals surface area contributed by atoms with E-state index < -0.39 is 11.9 Å². The second-order valence-corrected chi connectivity index (χ2v) is 9.27. The van der Waals surface area contributed by atoms with Crippen LogP contribution in [0.2, 0.25) is 0 Å². The summed E-state index contributed by atoms with van der Waals surface area (Å²) in [5.41, 5.74) is 10.0. The fourth-order valence-electron chi connectivity index (χ4n) is 4.81. The van der Waals surface area contributed by atoms with Gasteiger partial charge in [0.05, 0.1) is 28.8 Å². The molecule has 6 rings (SSSR count). The normalized spacial score (nSPS) is 12.2. The Labute approximate surface area is 222 Å². The number of aromatic nitrogens is 7. The minimum absolute atomic E-state index is 0.0572. The Kier molecular flexibility index (Phi) is 5.68. The first-order valence-electron chi connectivity index (χ1n) is 12.3. The van der Waals surface area contributed by atoms with E-state index in [-0.39, 0.29) is 16.9 Å². The van der Waals surface area contributed by atoms with Gasteiger partial charge in [0, 0.05) is 36.3 Å². The van der Waals surface area contributed by atoms with Gasteiger partial charge in [-0.05, 0) is 32.0 Å². The SMILES string of the molecule is Cc1c(-c2cccc3nc([C@H](C)NC(=O)c4c(N)ncn5ccnc45)n(-c4ccccc4)c(=O)c23)cnn1C. The second-order valence-electron chi connectivity index (χ2n) is 9.27. The van der Waals surface area contributed by atoms with E-state index in [1.165, 1.54) is 6.33 Å². The number of hydrogen-bond acceptors (Lipinski definition) is 7. The summed E-state index contributed by atoms with van der Waals surface area (Å²) in [5.74, 6) is -0.0475. The lowest BCUT2D eigenvalue weighted by atomic mass is 10.0. The molecule has 3 N–H and O–H groups in total. The number of carbonyl (C=O) groups excluding carboxylic acids is 1. The number of rotatable bonds is 5. The molecule has 0 unspecified atom stereocenters. The van der Waals surface area contributed by atoms with E-state index in [1.807, 2.05) is 56.4 Å². The summed E-state index contributed by atoms with van der Waals surface area (Å²) in [6.45, 7) is 3.73. The zero-order chi connectivity index (χ0) is 27.3. The highest BCUT2D eigenvalue weighted by Crippen LogP contribution is 2.29. The topological polar surface area (TPSA) is 138 Å². The van der Waals surface area contributed by atoms with E-state index in [0.717, 1.165) is 16.8 Å². The van der Waals surface area contributed by atoms with Crippen molar-refractivity contribution in [3.8, 4) is 16.8 Å². The highest BCUT2D eigenvalue weighted by Gasteiger charge is 2.24. The van der Waals surface area contributed by atoms with Gasteiger partial charge in [0.25, 0.3) is 11.5 Å². The molecule has 194 valence electrons. The van der Waals surface area contributed by atoms with E-state index in [9.17, 15) is 9.59 Å². The zero-order valence-corrected chi connectivity index (χ0v) is 21.5. The largest absolute Gasteiger partial charge is 0.383 e. The van der Waals surface area contributed by atoms with Crippen molar-refractivity contribution in [2.45, 2.75) is 19.9 Å². The van der Waals surface area contributed by atoms with Gasteiger partial charge >= 0.3 is 0 Å². The minimum atomic E-state index is -0.673. The number of aryl methyl sites for hydroxylation is 1. The van der Waals surface area contributed by atoms with Gasteiger partial charge < -0.3 is 11.1 Å². The molecule has 0 aliphatic carbocycles. The van der Waals surface area contributed by atoms with Gasteiger partial charge in [-0.2, -0.15) is 5.10 Å². The van der Waals surface area contributed by atoms with Crippen LogP contribution >= 0.6 is 0 Å². The number of nitrogens with two attached hydrogens (primary N) is 1. The molecule has 0 bridgehead atoms. The molecular weight excluding hydrogens is 494 g/mol. The van der Waals surface area contributed by atoms with Gasteiger partial charge in [0.2, 0.25) is 0 Å². The summed E-state index contributed by atoms with van der Waals surface area (Å²) in [5, 5.41) is 7.78. The van der Waals surface area contributed by atoms with Gasteiger partial charge in [-0.3, -0.25) is 23.2 Å². The number of anilines is 1. The predicted octanol–water partition coefficient (Wildman–Crippen LogP) is 3.21. The number of benzene rings is 2. The van der Waals surface area contributed by atoms with E-state index in [2.05, 4.69) is 20.4 Å². The summed E-state index contributed by atoms with van der Waals surface area (Å²) in [6.07, 6.45) is 6.50. The van der Waals surface area contributed by atoms with Crippen molar-refractivity contribution in [3.05, 3.63) is 101 Å². The third-order valence-electron chi connectivity index (χ3n) is 6.89. The number of nitrogens with zero attached hydrogens (tertiary/aromatic N) is 7. The van der Waals surface area contributed by atoms with Crippen molar-refractivity contribution < 1.29 is 4.79 Å². The van der Waals surface area contributed by atoms with Crippen LogP contribution in [0.25, 0.3) is 33.4 Å². The predicted molar refractivity (Wildman–Crippen MR) is 148 cm³/mol. The highest BCUT2D eigenvalue weighted by atomic mass is 16.2. The molecule has 0 saturated heterocycles. The van der Waals surface area contributed by atoms with Crippen molar-refractivity contribution in [3.63, 3.8) is 0 Å². The maximum Gasteiger partial charge on any atom is 0.266 e. The number of nitrogens with one attached hydrogen (secondary N) is 1. The number of hydrogen-bond donors (Lipinski definition) is 2. The number of imidazole rings is 1. The van der Waals surface area contributed by atoms with Crippen molar-refractivity contribution in [2.24, 2.45) is 7.05 Å². The molecule has 0 spiro atoms. The van der Waals surface area contributed by atoms with Crippen LogP contribution in [0.4, 0.5) is 5.82 Å². The molecular formula is C28H25N9O2. The molecule has 1 atom stereocenters. The van der Waals surface area contributed by atoms with E-state index >= 15 is 0 Å². The molecule has 1 amide bonds. The summed E-state index contributed by atoms with van der Waals surface area (Å²) < 4.78 is 4.93. The van der Waals surface area contributed by atoms with Crippen LogP contribution in [0.3, 0.4) is 0 Å². The maximum absolute atomic E-state index is 14.3. The van der Waals surface area contributed by atoms with Crippen molar-refractivity contribution in [1.82, 2.24) is 39.0 Å².